The summed E-state index contributed by atoms with van der Waals surface area (Å²) in [6.45, 7) is 1.79. The van der Waals surface area contributed by atoms with E-state index in [2.05, 4.69) is 19.7 Å². The van der Waals surface area contributed by atoms with Crippen molar-refractivity contribution in [2.24, 2.45) is 0 Å². The summed E-state index contributed by atoms with van der Waals surface area (Å²) < 4.78 is 4.16. The van der Waals surface area contributed by atoms with Gasteiger partial charge < -0.3 is 5.32 Å². The fourth-order valence-corrected chi connectivity index (χ4v) is 1.71. The summed E-state index contributed by atoms with van der Waals surface area (Å²) in [6, 6.07) is 3.65. The lowest BCUT2D eigenvalue weighted by Crippen LogP contribution is -2.08. The smallest absolute Gasteiger partial charge is 0.225 e. The van der Waals surface area contributed by atoms with Crippen LogP contribution < -0.4 is 5.32 Å². The van der Waals surface area contributed by atoms with Crippen molar-refractivity contribution in [1.29, 1.82) is 0 Å². The van der Waals surface area contributed by atoms with E-state index in [1.807, 2.05) is 12.1 Å². The van der Waals surface area contributed by atoms with E-state index in [0.717, 1.165) is 5.56 Å². The molecule has 16 heavy (non-hydrogen) atoms. The largest absolute Gasteiger partial charge is 0.301 e. The van der Waals surface area contributed by atoms with Crippen molar-refractivity contribution in [3.8, 4) is 11.4 Å². The molecule has 1 N–H and O–H groups in total. The normalized spacial score (nSPS) is 10.1. The van der Waals surface area contributed by atoms with Crippen LogP contribution in [0.5, 0.6) is 0 Å². The van der Waals surface area contributed by atoms with E-state index in [-0.39, 0.29) is 5.91 Å². The molecule has 0 unspecified atom stereocenters. The Bertz CT molecular complexity index is 483. The molecule has 0 aromatic carbocycles. The predicted molar refractivity (Wildman–Crippen MR) is 62.1 cm³/mol. The zero-order chi connectivity index (χ0) is 11.4. The van der Waals surface area contributed by atoms with Crippen LogP contribution in [0.1, 0.15) is 13.3 Å². The summed E-state index contributed by atoms with van der Waals surface area (Å²) in [5.41, 5.74) is 0.892. The third-order valence-electron chi connectivity index (χ3n) is 1.93. The van der Waals surface area contributed by atoms with Crippen molar-refractivity contribution in [1.82, 2.24) is 14.3 Å². The Labute approximate surface area is 96.7 Å². The van der Waals surface area contributed by atoms with Crippen molar-refractivity contribution < 1.29 is 4.79 Å². The highest BCUT2D eigenvalue weighted by molar-refractivity contribution is 7.10. The van der Waals surface area contributed by atoms with Crippen LogP contribution in [0.25, 0.3) is 11.4 Å². The average Bonchev–Trinajstić information content (AvgIpc) is 2.78. The van der Waals surface area contributed by atoms with E-state index in [0.29, 0.717) is 17.4 Å². The molecule has 0 aliphatic rings. The molecule has 0 spiro atoms. The molecule has 2 aromatic heterocycles. The number of nitrogens with one attached hydrogen (secondary N) is 1. The molecule has 82 valence electrons. The van der Waals surface area contributed by atoms with Crippen LogP contribution in [0.3, 0.4) is 0 Å². The van der Waals surface area contributed by atoms with E-state index in [4.69, 9.17) is 0 Å². The second-order valence-electron chi connectivity index (χ2n) is 3.06. The van der Waals surface area contributed by atoms with E-state index in [9.17, 15) is 4.79 Å². The third kappa shape index (κ3) is 2.40. The zero-order valence-corrected chi connectivity index (χ0v) is 9.49. The summed E-state index contributed by atoms with van der Waals surface area (Å²) in [6.07, 6.45) is 3.80. The van der Waals surface area contributed by atoms with Crippen molar-refractivity contribution in [3.63, 3.8) is 0 Å². The number of aromatic nitrogens is 3. The second-order valence-corrected chi connectivity index (χ2v) is 3.81. The van der Waals surface area contributed by atoms with Crippen molar-refractivity contribution in [2.45, 2.75) is 13.3 Å². The van der Waals surface area contributed by atoms with Gasteiger partial charge in [0.2, 0.25) is 11.0 Å². The highest BCUT2D eigenvalue weighted by Crippen LogP contribution is 2.20. The monoisotopic (exact) mass is 234 g/mol. The van der Waals surface area contributed by atoms with Crippen molar-refractivity contribution in [3.05, 3.63) is 24.5 Å². The molecule has 2 heterocycles. The molecule has 0 fully saturated rings. The Balaban J connectivity index is 2.17. The molecule has 0 bridgehead atoms. The van der Waals surface area contributed by atoms with E-state index in [1.165, 1.54) is 11.5 Å². The standard InChI is InChI=1S/C10H10N4OS/c1-2-8(15)12-10-13-9(14-16-10)7-3-5-11-6-4-7/h3-6H,2H2,1H3,(H,12,13,14,15). The van der Waals surface area contributed by atoms with Gasteiger partial charge in [0.25, 0.3) is 0 Å². The number of hydrogen-bond donors (Lipinski definition) is 1. The Morgan fingerprint density at radius 2 is 2.19 bits per heavy atom. The predicted octanol–water partition coefficient (Wildman–Crippen LogP) is 1.95. The van der Waals surface area contributed by atoms with Gasteiger partial charge in [-0.15, -0.1) is 0 Å². The zero-order valence-electron chi connectivity index (χ0n) is 8.67. The topological polar surface area (TPSA) is 67.8 Å². The number of hydrogen-bond acceptors (Lipinski definition) is 5. The first-order valence-corrected chi connectivity index (χ1v) is 5.61. The number of nitrogens with zero attached hydrogens (tertiary/aromatic N) is 3. The van der Waals surface area contributed by atoms with E-state index in [1.54, 1.807) is 19.3 Å². The lowest BCUT2D eigenvalue weighted by molar-refractivity contribution is -0.115. The first-order valence-electron chi connectivity index (χ1n) is 4.83. The van der Waals surface area contributed by atoms with Gasteiger partial charge in [-0.3, -0.25) is 9.78 Å². The number of carbonyl (C=O) groups is 1. The fraction of sp³-hybridized carbons (Fsp3) is 0.200. The Morgan fingerprint density at radius 3 is 2.88 bits per heavy atom. The van der Waals surface area contributed by atoms with Gasteiger partial charge in [0.1, 0.15) is 0 Å². The first-order chi connectivity index (χ1) is 7.79. The quantitative estimate of drug-likeness (QED) is 0.881. The number of pyridine rings is 1. The SMILES string of the molecule is CCC(=O)Nc1nc(-c2ccncc2)ns1. The van der Waals surface area contributed by atoms with Gasteiger partial charge >= 0.3 is 0 Å². The Morgan fingerprint density at radius 1 is 1.44 bits per heavy atom. The molecule has 0 saturated heterocycles. The molecule has 2 aromatic rings. The third-order valence-corrected chi connectivity index (χ3v) is 2.56. The van der Waals surface area contributed by atoms with Crippen molar-refractivity contribution in [2.75, 3.05) is 5.32 Å². The summed E-state index contributed by atoms with van der Waals surface area (Å²) in [5, 5.41) is 3.20. The number of carbonyl (C=O) groups excluding carboxylic acids is 1. The van der Waals surface area contributed by atoms with Crippen LogP contribution in [0.15, 0.2) is 24.5 Å². The Hall–Kier alpha value is -1.82. The molecular formula is C10H10N4OS. The molecule has 5 nitrogen and oxygen atoms in total. The van der Waals surface area contributed by atoms with Crippen LogP contribution in [-0.2, 0) is 4.79 Å². The minimum atomic E-state index is -0.0579. The van der Waals surface area contributed by atoms with E-state index < -0.39 is 0 Å². The van der Waals surface area contributed by atoms with Gasteiger partial charge in [0.15, 0.2) is 5.82 Å². The van der Waals surface area contributed by atoms with Gasteiger partial charge in [-0.05, 0) is 12.1 Å². The molecule has 2 rings (SSSR count). The molecule has 0 aliphatic carbocycles. The molecule has 6 heteroatoms. The van der Waals surface area contributed by atoms with Gasteiger partial charge in [-0.1, -0.05) is 6.92 Å². The molecule has 0 aliphatic heterocycles. The van der Waals surface area contributed by atoms with Crippen molar-refractivity contribution >= 4 is 22.6 Å². The lowest BCUT2D eigenvalue weighted by atomic mass is 10.3. The number of amides is 1. The van der Waals surface area contributed by atoms with Crippen LogP contribution >= 0.6 is 11.5 Å². The summed E-state index contributed by atoms with van der Waals surface area (Å²) >= 11 is 1.17. The lowest BCUT2D eigenvalue weighted by Gasteiger charge is -1.95. The molecule has 0 radical (unpaired) electrons. The number of anilines is 1. The molecular weight excluding hydrogens is 224 g/mol. The van der Waals surface area contributed by atoms with Gasteiger partial charge in [-0.2, -0.15) is 9.36 Å². The van der Waals surface area contributed by atoms with Crippen LogP contribution in [0, 0.1) is 0 Å². The van der Waals surface area contributed by atoms with Crippen LogP contribution in [0.2, 0.25) is 0 Å². The van der Waals surface area contributed by atoms with Gasteiger partial charge in [0.05, 0.1) is 0 Å². The molecule has 0 atom stereocenters. The van der Waals surface area contributed by atoms with E-state index >= 15 is 0 Å². The van der Waals surface area contributed by atoms with Crippen LogP contribution in [-0.4, -0.2) is 20.2 Å². The maximum absolute atomic E-state index is 11.1. The average molecular weight is 234 g/mol. The highest BCUT2D eigenvalue weighted by Gasteiger charge is 2.07. The maximum Gasteiger partial charge on any atom is 0.225 e. The summed E-state index contributed by atoms with van der Waals surface area (Å²) in [5.74, 6) is 0.552. The van der Waals surface area contributed by atoms with Gasteiger partial charge in [0, 0.05) is 35.9 Å². The Kier molecular flexibility index (Phi) is 3.21. The minimum Gasteiger partial charge on any atom is -0.301 e. The summed E-state index contributed by atoms with van der Waals surface area (Å²) in [7, 11) is 0. The van der Waals surface area contributed by atoms with Crippen LogP contribution in [0.4, 0.5) is 5.13 Å². The maximum atomic E-state index is 11.1. The number of rotatable bonds is 3. The molecule has 0 saturated carbocycles. The highest BCUT2D eigenvalue weighted by atomic mass is 32.1. The minimum absolute atomic E-state index is 0.0579. The second kappa shape index (κ2) is 4.80. The van der Waals surface area contributed by atoms with Gasteiger partial charge in [-0.25, -0.2) is 0 Å². The first kappa shape index (κ1) is 10.7. The molecule has 1 amide bonds. The summed E-state index contributed by atoms with van der Waals surface area (Å²) in [4.78, 5) is 19.3. The fourth-order valence-electron chi connectivity index (χ4n) is 1.10.